The van der Waals surface area contributed by atoms with Crippen molar-refractivity contribution in [3.05, 3.63) is 0 Å². The molecule has 14 heavy (non-hydrogen) atoms. The molecular weight excluding hydrogens is 282 g/mol. The van der Waals surface area contributed by atoms with E-state index in [0.29, 0.717) is 6.92 Å². The molecule has 0 bridgehead atoms. The van der Waals surface area contributed by atoms with Crippen molar-refractivity contribution in [2.24, 2.45) is 0 Å². The van der Waals surface area contributed by atoms with Gasteiger partial charge >= 0.3 is 12.4 Å². The quantitative estimate of drug-likeness (QED) is 0.572. The van der Waals surface area contributed by atoms with Crippen LogP contribution in [0.25, 0.3) is 0 Å². The lowest BCUT2D eigenvalue weighted by Crippen LogP contribution is -2.34. The van der Waals surface area contributed by atoms with Gasteiger partial charge < -0.3 is 4.74 Å². The Kier molecular flexibility index (Phi) is 4.70. The van der Waals surface area contributed by atoms with E-state index in [1.165, 1.54) is 0 Å². The number of hydrogen-bond donors (Lipinski definition) is 0. The van der Waals surface area contributed by atoms with Gasteiger partial charge in [0.2, 0.25) is 0 Å². The zero-order valence-corrected chi connectivity index (χ0v) is 8.50. The van der Waals surface area contributed by atoms with E-state index in [1.54, 1.807) is 0 Å². The van der Waals surface area contributed by atoms with Gasteiger partial charge in [-0.25, -0.2) is 0 Å². The zero-order valence-electron chi connectivity index (χ0n) is 6.92. The molecule has 2 unspecified atom stereocenters. The fraction of sp³-hybridized carbons (Fsp3) is 1.00. The number of hydrogen-bond acceptors (Lipinski definition) is 1. The molecule has 0 amide bonds. The fourth-order valence-electron chi connectivity index (χ4n) is 0.418. The minimum atomic E-state index is -4.64. The van der Waals surface area contributed by atoms with Crippen molar-refractivity contribution in [2.45, 2.75) is 30.2 Å². The van der Waals surface area contributed by atoms with Crippen LogP contribution in [0, 0.1) is 0 Å². The first-order valence-electron chi connectivity index (χ1n) is 3.44. The standard InChI is InChI=1S/C6H7BrF6O/c1-3(5(8,9)10)14-2-4(7)6(11,12)13/h3-4H,2H2,1H3. The van der Waals surface area contributed by atoms with Crippen LogP contribution in [0.3, 0.4) is 0 Å². The Labute approximate surface area is 84.5 Å². The predicted octanol–water partition coefficient (Wildman–Crippen LogP) is 3.28. The third-order valence-corrected chi connectivity index (χ3v) is 2.09. The normalized spacial score (nSPS) is 18.0. The molecule has 0 saturated heterocycles. The molecule has 0 aliphatic carbocycles. The van der Waals surface area contributed by atoms with E-state index >= 15 is 0 Å². The van der Waals surface area contributed by atoms with E-state index in [0.717, 1.165) is 0 Å². The lowest BCUT2D eigenvalue weighted by atomic mass is 10.4. The highest BCUT2D eigenvalue weighted by molar-refractivity contribution is 9.09. The van der Waals surface area contributed by atoms with Crippen molar-refractivity contribution >= 4 is 15.9 Å². The van der Waals surface area contributed by atoms with E-state index in [4.69, 9.17) is 0 Å². The lowest BCUT2D eigenvalue weighted by molar-refractivity contribution is -0.221. The van der Waals surface area contributed by atoms with Crippen molar-refractivity contribution in [3.63, 3.8) is 0 Å². The van der Waals surface area contributed by atoms with Crippen LogP contribution in [0.15, 0.2) is 0 Å². The summed E-state index contributed by atoms with van der Waals surface area (Å²) in [4.78, 5) is -2.08. The van der Waals surface area contributed by atoms with E-state index in [9.17, 15) is 26.3 Å². The molecule has 0 rings (SSSR count). The van der Waals surface area contributed by atoms with Crippen molar-refractivity contribution < 1.29 is 31.1 Å². The minimum absolute atomic E-state index is 0.649. The highest BCUT2D eigenvalue weighted by Gasteiger charge is 2.41. The summed E-state index contributed by atoms with van der Waals surface area (Å²) >= 11 is 2.18. The van der Waals surface area contributed by atoms with Crippen LogP contribution >= 0.6 is 15.9 Å². The molecule has 0 aliphatic rings. The molecule has 86 valence electrons. The van der Waals surface area contributed by atoms with Gasteiger partial charge in [0.25, 0.3) is 0 Å². The molecule has 8 heteroatoms. The first kappa shape index (κ1) is 14.0. The Morgan fingerprint density at radius 1 is 1.07 bits per heavy atom. The third kappa shape index (κ3) is 5.04. The van der Waals surface area contributed by atoms with Gasteiger partial charge in [-0.15, -0.1) is 0 Å². The minimum Gasteiger partial charge on any atom is -0.368 e. The molecule has 0 N–H and O–H groups in total. The molecule has 0 saturated carbocycles. The molecule has 0 fully saturated rings. The van der Waals surface area contributed by atoms with Crippen molar-refractivity contribution in [2.75, 3.05) is 6.61 Å². The van der Waals surface area contributed by atoms with Crippen molar-refractivity contribution in [1.29, 1.82) is 0 Å². The summed E-state index contributed by atoms with van der Waals surface area (Å²) in [5.74, 6) is 0. The second kappa shape index (κ2) is 4.69. The SMILES string of the molecule is CC(OCC(Br)C(F)(F)F)C(F)(F)F. The first-order valence-corrected chi connectivity index (χ1v) is 4.36. The molecule has 2 atom stereocenters. The summed E-state index contributed by atoms with van der Waals surface area (Å²) in [6.07, 6.45) is -11.5. The molecule has 0 aromatic rings. The van der Waals surface area contributed by atoms with Gasteiger partial charge in [-0.1, -0.05) is 15.9 Å². The van der Waals surface area contributed by atoms with Crippen LogP contribution in [0.1, 0.15) is 6.92 Å². The summed E-state index contributed by atoms with van der Waals surface area (Å²) in [6.45, 7) is -0.416. The maximum Gasteiger partial charge on any atom is 0.414 e. The molecule has 0 heterocycles. The third-order valence-electron chi connectivity index (χ3n) is 1.31. The fourth-order valence-corrected chi connectivity index (χ4v) is 0.570. The first-order chi connectivity index (χ1) is 6.05. The van der Waals surface area contributed by atoms with E-state index in [2.05, 4.69) is 20.7 Å². The van der Waals surface area contributed by atoms with E-state index in [1.807, 2.05) is 0 Å². The van der Waals surface area contributed by atoms with Crippen LogP contribution in [-0.2, 0) is 4.74 Å². The van der Waals surface area contributed by atoms with Gasteiger partial charge in [0, 0.05) is 0 Å². The van der Waals surface area contributed by atoms with Crippen molar-refractivity contribution in [3.8, 4) is 0 Å². The van der Waals surface area contributed by atoms with Gasteiger partial charge in [0.1, 0.15) is 4.83 Å². The Morgan fingerprint density at radius 2 is 1.50 bits per heavy atom. The Bertz CT molecular complexity index is 156. The summed E-state index contributed by atoms with van der Waals surface area (Å²) in [5, 5.41) is 0. The van der Waals surface area contributed by atoms with Gasteiger partial charge in [-0.3, -0.25) is 0 Å². The van der Waals surface area contributed by atoms with E-state index in [-0.39, 0.29) is 0 Å². The molecule has 0 spiro atoms. The average molecular weight is 289 g/mol. The molecule has 1 nitrogen and oxygen atoms in total. The largest absolute Gasteiger partial charge is 0.414 e. The van der Waals surface area contributed by atoms with Crippen molar-refractivity contribution in [1.82, 2.24) is 0 Å². The second-order valence-corrected chi connectivity index (χ2v) is 3.63. The monoisotopic (exact) mass is 288 g/mol. The highest BCUT2D eigenvalue weighted by atomic mass is 79.9. The lowest BCUT2D eigenvalue weighted by Gasteiger charge is -2.19. The Morgan fingerprint density at radius 3 is 1.79 bits per heavy atom. The van der Waals surface area contributed by atoms with Crippen LogP contribution in [0.5, 0.6) is 0 Å². The topological polar surface area (TPSA) is 9.23 Å². The summed E-state index contributed by atoms with van der Waals surface area (Å²) < 4.78 is 74.7. The number of halogens is 7. The van der Waals surface area contributed by atoms with Crippen LogP contribution in [0.4, 0.5) is 26.3 Å². The number of alkyl halides is 7. The van der Waals surface area contributed by atoms with E-state index < -0.39 is 29.9 Å². The van der Waals surface area contributed by atoms with Gasteiger partial charge in [0.05, 0.1) is 6.61 Å². The number of rotatable bonds is 3. The molecule has 0 radical (unpaired) electrons. The number of ether oxygens (including phenoxy) is 1. The van der Waals surface area contributed by atoms with Crippen LogP contribution in [-0.4, -0.2) is 29.9 Å². The average Bonchev–Trinajstić information content (AvgIpc) is 1.95. The maximum absolute atomic E-state index is 11.8. The highest BCUT2D eigenvalue weighted by Crippen LogP contribution is 2.28. The predicted molar refractivity (Wildman–Crippen MR) is 40.2 cm³/mol. The van der Waals surface area contributed by atoms with Crippen LogP contribution < -0.4 is 0 Å². The zero-order chi connectivity index (χ0) is 11.6. The van der Waals surface area contributed by atoms with Gasteiger partial charge in [-0.05, 0) is 6.92 Å². The summed E-state index contributed by atoms with van der Waals surface area (Å²) in [7, 11) is 0. The molecule has 0 aromatic carbocycles. The molecule has 0 aromatic heterocycles. The molecule has 0 aliphatic heterocycles. The van der Waals surface area contributed by atoms with Gasteiger partial charge in [0.15, 0.2) is 6.10 Å². The smallest absolute Gasteiger partial charge is 0.368 e. The Balaban J connectivity index is 3.96. The second-order valence-electron chi connectivity index (χ2n) is 2.53. The van der Waals surface area contributed by atoms with Crippen LogP contribution in [0.2, 0.25) is 0 Å². The Hall–Kier alpha value is 0.0200. The van der Waals surface area contributed by atoms with Gasteiger partial charge in [-0.2, -0.15) is 26.3 Å². The maximum atomic E-state index is 11.8. The summed E-state index contributed by atoms with van der Waals surface area (Å²) in [6, 6.07) is 0. The summed E-state index contributed by atoms with van der Waals surface area (Å²) in [5.41, 5.74) is 0. The molecular formula is C6H7BrF6O.